The summed E-state index contributed by atoms with van der Waals surface area (Å²) in [5.41, 5.74) is 6.71. The fourth-order valence-corrected chi connectivity index (χ4v) is 3.09. The van der Waals surface area contributed by atoms with E-state index in [1.165, 1.54) is 4.90 Å². The van der Waals surface area contributed by atoms with Gasteiger partial charge in [0.2, 0.25) is 11.8 Å². The zero-order valence-corrected chi connectivity index (χ0v) is 17.6. The van der Waals surface area contributed by atoms with Crippen LogP contribution in [0.3, 0.4) is 0 Å². The Kier molecular flexibility index (Phi) is 8.95. The van der Waals surface area contributed by atoms with Crippen LogP contribution in [0.5, 0.6) is 0 Å². The summed E-state index contributed by atoms with van der Waals surface area (Å²) in [5.74, 6) is -0.0611. The van der Waals surface area contributed by atoms with Crippen molar-refractivity contribution in [3.63, 3.8) is 0 Å². The first-order chi connectivity index (χ1) is 11.4. The van der Waals surface area contributed by atoms with Crippen molar-refractivity contribution in [3.8, 4) is 0 Å². The van der Waals surface area contributed by atoms with Gasteiger partial charge in [0.1, 0.15) is 0 Å². The maximum atomic E-state index is 11.7. The first-order valence-corrected chi connectivity index (χ1v) is 8.48. The normalized spacial score (nSPS) is 16.4. The second-order valence-corrected chi connectivity index (χ2v) is 6.44. The van der Waals surface area contributed by atoms with Crippen molar-refractivity contribution < 1.29 is 9.59 Å². The lowest BCUT2D eigenvalue weighted by molar-refractivity contribution is -0.147. The number of hydrogen-bond acceptors (Lipinski definition) is 3. The number of halogens is 3. The van der Waals surface area contributed by atoms with Gasteiger partial charge in [-0.2, -0.15) is 0 Å². The van der Waals surface area contributed by atoms with Crippen LogP contribution in [0.1, 0.15) is 37.8 Å². The highest BCUT2D eigenvalue weighted by Gasteiger charge is 2.25. The Morgan fingerprint density at radius 2 is 1.96 bits per heavy atom. The molecule has 1 heterocycles. The van der Waals surface area contributed by atoms with E-state index in [4.69, 9.17) is 28.9 Å². The molecule has 138 valence electrons. The summed E-state index contributed by atoms with van der Waals surface area (Å²) in [6.07, 6.45) is 1.45. The minimum absolute atomic E-state index is 0. The number of amides is 2. The van der Waals surface area contributed by atoms with Crippen LogP contribution < -0.4 is 11.1 Å². The fraction of sp³-hybridized carbons (Fsp3) is 0.438. The summed E-state index contributed by atoms with van der Waals surface area (Å²) >= 11 is 12.0. The molecule has 0 bridgehead atoms. The highest BCUT2D eigenvalue weighted by molar-refractivity contribution is 14.0. The number of nitrogens with zero attached hydrogens (tertiary/aromatic N) is 2. The molecule has 25 heavy (non-hydrogen) atoms. The number of nitrogens with one attached hydrogen (secondary N) is 1. The molecule has 0 aliphatic carbocycles. The molecule has 0 aromatic heterocycles. The van der Waals surface area contributed by atoms with Gasteiger partial charge in [-0.25, -0.2) is 0 Å². The second-order valence-electron chi connectivity index (χ2n) is 5.59. The highest BCUT2D eigenvalue weighted by Crippen LogP contribution is 2.25. The van der Waals surface area contributed by atoms with E-state index in [9.17, 15) is 9.59 Å². The van der Waals surface area contributed by atoms with Gasteiger partial charge < -0.3 is 11.1 Å². The van der Waals surface area contributed by atoms with E-state index in [0.29, 0.717) is 29.3 Å². The standard InChI is InChI=1S/C16H20Cl2N4O2.HI/c1-10(12-6-5-11(17)9-13(12)18)21-16(19)20-7-8-22-14(23)3-2-4-15(22)24;/h5-6,9-10H,2-4,7-8H2,1H3,(H3,19,20,21);1H. The molecular formula is C16H21Cl2IN4O2. The molecule has 9 heteroatoms. The molecule has 3 N–H and O–H groups in total. The molecular weight excluding hydrogens is 478 g/mol. The van der Waals surface area contributed by atoms with Crippen LogP contribution in [0, 0.1) is 0 Å². The molecule has 1 fully saturated rings. The van der Waals surface area contributed by atoms with E-state index >= 15 is 0 Å². The number of guanidine groups is 1. The summed E-state index contributed by atoms with van der Waals surface area (Å²) in [4.78, 5) is 28.8. The highest BCUT2D eigenvalue weighted by atomic mass is 127. The van der Waals surface area contributed by atoms with Gasteiger partial charge in [0.25, 0.3) is 0 Å². The summed E-state index contributed by atoms with van der Waals surface area (Å²) in [5, 5.41) is 4.13. The molecule has 1 aliphatic rings. The van der Waals surface area contributed by atoms with E-state index in [-0.39, 0.29) is 60.9 Å². The average molecular weight is 499 g/mol. The predicted octanol–water partition coefficient (Wildman–Crippen LogP) is 3.12. The van der Waals surface area contributed by atoms with Crippen molar-refractivity contribution in [2.75, 3.05) is 13.1 Å². The van der Waals surface area contributed by atoms with Crippen molar-refractivity contribution in [1.29, 1.82) is 0 Å². The number of hydrogen-bond donors (Lipinski definition) is 2. The summed E-state index contributed by atoms with van der Waals surface area (Å²) < 4.78 is 0. The minimum Gasteiger partial charge on any atom is -0.370 e. The number of rotatable bonds is 5. The lowest BCUT2D eigenvalue weighted by Crippen LogP contribution is -2.42. The Morgan fingerprint density at radius 3 is 2.56 bits per heavy atom. The number of nitrogens with two attached hydrogens (primary N) is 1. The summed E-state index contributed by atoms with van der Waals surface area (Å²) in [6.45, 7) is 2.41. The van der Waals surface area contributed by atoms with Crippen molar-refractivity contribution in [1.82, 2.24) is 10.2 Å². The lowest BCUT2D eigenvalue weighted by atomic mass is 10.1. The van der Waals surface area contributed by atoms with E-state index in [1.54, 1.807) is 12.1 Å². The van der Waals surface area contributed by atoms with Crippen molar-refractivity contribution in [3.05, 3.63) is 33.8 Å². The Morgan fingerprint density at radius 1 is 1.32 bits per heavy atom. The average Bonchev–Trinajstić information content (AvgIpc) is 2.50. The van der Waals surface area contributed by atoms with Crippen LogP contribution in [-0.2, 0) is 9.59 Å². The van der Waals surface area contributed by atoms with E-state index in [0.717, 1.165) is 5.56 Å². The Labute approximate surface area is 174 Å². The number of aliphatic imine (C=N–C) groups is 1. The van der Waals surface area contributed by atoms with Crippen LogP contribution in [0.25, 0.3) is 0 Å². The lowest BCUT2D eigenvalue weighted by Gasteiger charge is -2.24. The minimum atomic E-state index is -0.156. The van der Waals surface area contributed by atoms with Gasteiger partial charge in [-0.05, 0) is 31.0 Å². The topological polar surface area (TPSA) is 87.8 Å². The maximum absolute atomic E-state index is 11.7. The van der Waals surface area contributed by atoms with E-state index in [1.807, 2.05) is 13.0 Å². The zero-order chi connectivity index (χ0) is 17.7. The molecule has 0 spiro atoms. The van der Waals surface area contributed by atoms with Gasteiger partial charge in [0.15, 0.2) is 5.96 Å². The van der Waals surface area contributed by atoms with Crippen molar-refractivity contribution >= 4 is 65.0 Å². The summed E-state index contributed by atoms with van der Waals surface area (Å²) in [7, 11) is 0. The molecule has 6 nitrogen and oxygen atoms in total. The number of likely N-dealkylation sites (tertiary alicyclic amines) is 1. The first kappa shape index (κ1) is 22.0. The number of imide groups is 1. The fourth-order valence-electron chi connectivity index (χ4n) is 2.52. The van der Waals surface area contributed by atoms with Crippen LogP contribution in [0.2, 0.25) is 10.0 Å². The van der Waals surface area contributed by atoms with E-state index < -0.39 is 0 Å². The second kappa shape index (κ2) is 10.2. The first-order valence-electron chi connectivity index (χ1n) is 7.73. The Hall–Kier alpha value is -1.06. The zero-order valence-electron chi connectivity index (χ0n) is 13.8. The number of piperidine rings is 1. The molecule has 2 rings (SSSR count). The Bertz CT molecular complexity index is 654. The number of carbonyl (C=O) groups is 2. The van der Waals surface area contributed by atoms with Gasteiger partial charge in [-0.3, -0.25) is 19.5 Å². The smallest absolute Gasteiger partial charge is 0.229 e. The molecule has 2 amide bonds. The molecule has 0 radical (unpaired) electrons. The third kappa shape index (κ3) is 6.31. The van der Waals surface area contributed by atoms with Gasteiger partial charge in [0.05, 0.1) is 12.6 Å². The number of benzene rings is 1. The molecule has 1 atom stereocenters. The Balaban J connectivity index is 0.00000312. The largest absolute Gasteiger partial charge is 0.370 e. The van der Waals surface area contributed by atoms with Crippen LogP contribution in [0.4, 0.5) is 0 Å². The van der Waals surface area contributed by atoms with Gasteiger partial charge in [-0.15, -0.1) is 24.0 Å². The maximum Gasteiger partial charge on any atom is 0.229 e. The molecule has 1 aromatic carbocycles. The SMILES string of the molecule is CC(NC(N)=NCCN1C(=O)CCCC1=O)c1ccc(Cl)cc1Cl.I. The predicted molar refractivity (Wildman–Crippen MR) is 110 cm³/mol. The quantitative estimate of drug-likeness (QED) is 0.282. The number of carbonyl (C=O) groups excluding carboxylic acids is 2. The third-order valence-electron chi connectivity index (χ3n) is 3.78. The van der Waals surface area contributed by atoms with Gasteiger partial charge >= 0.3 is 0 Å². The monoisotopic (exact) mass is 498 g/mol. The van der Waals surface area contributed by atoms with Crippen molar-refractivity contribution in [2.24, 2.45) is 10.7 Å². The van der Waals surface area contributed by atoms with Crippen LogP contribution in [0.15, 0.2) is 23.2 Å². The summed E-state index contributed by atoms with van der Waals surface area (Å²) in [6, 6.07) is 5.08. The molecule has 1 aliphatic heterocycles. The molecule has 1 unspecified atom stereocenters. The molecule has 1 saturated heterocycles. The third-order valence-corrected chi connectivity index (χ3v) is 4.34. The van der Waals surface area contributed by atoms with Gasteiger partial charge in [-0.1, -0.05) is 29.3 Å². The van der Waals surface area contributed by atoms with Gasteiger partial charge in [0, 0.05) is 29.4 Å². The van der Waals surface area contributed by atoms with Crippen molar-refractivity contribution in [2.45, 2.75) is 32.2 Å². The van der Waals surface area contributed by atoms with Crippen LogP contribution in [-0.4, -0.2) is 35.8 Å². The van der Waals surface area contributed by atoms with E-state index in [2.05, 4.69) is 10.3 Å². The van der Waals surface area contributed by atoms with Crippen LogP contribution >= 0.6 is 47.2 Å². The molecule has 0 saturated carbocycles. The molecule has 1 aromatic rings.